The van der Waals surface area contributed by atoms with Gasteiger partial charge < -0.3 is 10.0 Å². The van der Waals surface area contributed by atoms with E-state index in [-0.39, 0.29) is 5.75 Å². The van der Waals surface area contributed by atoms with Crippen LogP contribution in [-0.4, -0.2) is 39.1 Å². The average molecular weight is 297 g/mol. The maximum atomic E-state index is 11.1. The molecule has 1 unspecified atom stereocenters. The zero-order chi connectivity index (χ0) is 14.8. The van der Waals surface area contributed by atoms with E-state index >= 15 is 0 Å². The Morgan fingerprint density at radius 2 is 2.15 bits per heavy atom. The number of aliphatic hydroxyl groups excluding tert-OH is 1. The van der Waals surface area contributed by atoms with Crippen LogP contribution in [-0.2, 0) is 16.3 Å². The molecule has 1 aliphatic heterocycles. The monoisotopic (exact) mass is 297 g/mol. The van der Waals surface area contributed by atoms with Gasteiger partial charge in [0, 0.05) is 31.3 Å². The third-order valence-corrected chi connectivity index (χ3v) is 4.86. The molecule has 0 bridgehead atoms. The molecule has 0 spiro atoms. The Morgan fingerprint density at radius 3 is 2.85 bits per heavy atom. The highest BCUT2D eigenvalue weighted by Crippen LogP contribution is 2.29. The minimum Gasteiger partial charge on any atom is -0.388 e. The van der Waals surface area contributed by atoms with E-state index in [4.69, 9.17) is 0 Å². The molecule has 0 amide bonds. The fourth-order valence-electron chi connectivity index (χ4n) is 2.72. The first-order valence-electron chi connectivity index (χ1n) is 7.06. The molecule has 0 saturated carbocycles. The van der Waals surface area contributed by atoms with Crippen LogP contribution < -0.4 is 4.90 Å². The molecule has 1 heterocycles. The van der Waals surface area contributed by atoms with Crippen LogP contribution in [0.1, 0.15) is 36.5 Å². The van der Waals surface area contributed by atoms with Gasteiger partial charge in [-0.15, -0.1) is 0 Å². The third kappa shape index (κ3) is 3.96. The summed E-state index contributed by atoms with van der Waals surface area (Å²) in [5, 5.41) is 10.2. The number of anilines is 1. The van der Waals surface area contributed by atoms with Gasteiger partial charge in [0.1, 0.15) is 9.84 Å². The molecule has 1 aromatic carbocycles. The topological polar surface area (TPSA) is 57.6 Å². The third-order valence-electron chi connectivity index (χ3n) is 3.83. The molecule has 112 valence electrons. The Morgan fingerprint density at radius 1 is 1.40 bits per heavy atom. The zero-order valence-electron chi connectivity index (χ0n) is 12.2. The first-order valence-corrected chi connectivity index (χ1v) is 9.12. The molecular formula is C15H23NO3S. The summed E-state index contributed by atoms with van der Waals surface area (Å²) in [6, 6.07) is 6.07. The van der Waals surface area contributed by atoms with Crippen LogP contribution in [0.2, 0.25) is 0 Å². The second-order valence-electron chi connectivity index (χ2n) is 5.70. The summed E-state index contributed by atoms with van der Waals surface area (Å²) in [4.78, 5) is 2.23. The van der Waals surface area contributed by atoms with Crippen molar-refractivity contribution >= 4 is 15.5 Å². The summed E-state index contributed by atoms with van der Waals surface area (Å²) in [6.07, 6.45) is 3.82. The summed E-state index contributed by atoms with van der Waals surface area (Å²) in [6.45, 7) is 1.07. The highest BCUT2D eigenvalue weighted by atomic mass is 32.2. The van der Waals surface area contributed by atoms with Gasteiger partial charge in [0.2, 0.25) is 0 Å². The van der Waals surface area contributed by atoms with Crippen molar-refractivity contribution in [2.75, 3.05) is 30.5 Å². The number of hydrogen-bond donors (Lipinski definition) is 1. The molecule has 1 atom stereocenters. The molecule has 0 aromatic heterocycles. The Bertz CT molecular complexity index is 568. The molecule has 0 radical (unpaired) electrons. The van der Waals surface area contributed by atoms with E-state index in [2.05, 4.69) is 24.1 Å². The lowest BCUT2D eigenvalue weighted by molar-refractivity contribution is 0.166. The average Bonchev–Trinajstić information content (AvgIpc) is 2.37. The van der Waals surface area contributed by atoms with Gasteiger partial charge in [-0.25, -0.2) is 8.42 Å². The predicted molar refractivity (Wildman–Crippen MR) is 81.9 cm³/mol. The van der Waals surface area contributed by atoms with Crippen molar-refractivity contribution in [1.29, 1.82) is 0 Å². The van der Waals surface area contributed by atoms with E-state index in [0.29, 0.717) is 12.8 Å². The van der Waals surface area contributed by atoms with Crippen molar-refractivity contribution in [1.82, 2.24) is 0 Å². The zero-order valence-corrected chi connectivity index (χ0v) is 13.0. The summed E-state index contributed by atoms with van der Waals surface area (Å²) < 4.78 is 22.2. The number of aryl methyl sites for hydroxylation is 1. The maximum Gasteiger partial charge on any atom is 0.147 e. The number of benzene rings is 1. The fourth-order valence-corrected chi connectivity index (χ4v) is 3.41. The van der Waals surface area contributed by atoms with Gasteiger partial charge in [0.25, 0.3) is 0 Å². The van der Waals surface area contributed by atoms with Gasteiger partial charge in [-0.1, -0.05) is 12.1 Å². The van der Waals surface area contributed by atoms with E-state index in [1.54, 1.807) is 0 Å². The Kier molecular flexibility index (Phi) is 4.70. The van der Waals surface area contributed by atoms with Crippen LogP contribution in [0.4, 0.5) is 5.69 Å². The van der Waals surface area contributed by atoms with Gasteiger partial charge in [0.05, 0.1) is 6.10 Å². The minimum atomic E-state index is -2.94. The van der Waals surface area contributed by atoms with Crippen molar-refractivity contribution in [2.45, 2.75) is 31.8 Å². The van der Waals surface area contributed by atoms with Crippen LogP contribution in [0.3, 0.4) is 0 Å². The Balaban J connectivity index is 2.02. The van der Waals surface area contributed by atoms with Crippen LogP contribution in [0.15, 0.2) is 18.2 Å². The SMILES string of the molecule is CN1CCCc2cc(C(O)CCCS(C)(=O)=O)ccc21. The molecule has 2 rings (SSSR count). The van der Waals surface area contributed by atoms with Gasteiger partial charge in [0.15, 0.2) is 0 Å². The largest absolute Gasteiger partial charge is 0.388 e. The lowest BCUT2D eigenvalue weighted by Crippen LogP contribution is -2.24. The van der Waals surface area contributed by atoms with Crippen molar-refractivity contribution < 1.29 is 13.5 Å². The Labute approximate surface area is 121 Å². The van der Waals surface area contributed by atoms with Gasteiger partial charge in [-0.3, -0.25) is 0 Å². The number of rotatable bonds is 5. The van der Waals surface area contributed by atoms with Crippen LogP contribution in [0, 0.1) is 0 Å². The molecule has 20 heavy (non-hydrogen) atoms. The van der Waals surface area contributed by atoms with E-state index in [1.165, 1.54) is 17.5 Å². The van der Waals surface area contributed by atoms with Crippen LogP contribution in [0.25, 0.3) is 0 Å². The first-order chi connectivity index (χ1) is 9.37. The summed E-state index contributed by atoms with van der Waals surface area (Å²) in [5.74, 6) is 0.137. The lowest BCUT2D eigenvalue weighted by atomic mass is 9.96. The van der Waals surface area contributed by atoms with Crippen LogP contribution >= 0.6 is 0 Å². The summed E-state index contributed by atoms with van der Waals surface area (Å²) in [5.41, 5.74) is 3.41. The number of sulfone groups is 1. The minimum absolute atomic E-state index is 0.137. The number of nitrogens with zero attached hydrogens (tertiary/aromatic N) is 1. The quantitative estimate of drug-likeness (QED) is 0.902. The number of aliphatic hydroxyl groups is 1. The molecule has 1 aliphatic rings. The van der Waals surface area contributed by atoms with Gasteiger partial charge in [-0.05, 0) is 42.9 Å². The molecule has 0 fully saturated rings. The molecule has 5 heteroatoms. The highest BCUT2D eigenvalue weighted by Gasteiger charge is 2.16. The smallest absolute Gasteiger partial charge is 0.147 e. The Hall–Kier alpha value is -1.07. The first kappa shape index (κ1) is 15.3. The van der Waals surface area contributed by atoms with Gasteiger partial charge in [-0.2, -0.15) is 0 Å². The van der Waals surface area contributed by atoms with E-state index in [1.807, 2.05) is 6.07 Å². The summed E-state index contributed by atoms with van der Waals surface area (Å²) in [7, 11) is -0.858. The normalized spacial score (nSPS) is 16.9. The van der Waals surface area contributed by atoms with Crippen molar-refractivity contribution in [3.05, 3.63) is 29.3 Å². The highest BCUT2D eigenvalue weighted by molar-refractivity contribution is 7.90. The van der Waals surface area contributed by atoms with E-state index in [9.17, 15) is 13.5 Å². The van der Waals surface area contributed by atoms with Crippen molar-refractivity contribution in [3.8, 4) is 0 Å². The molecule has 1 aromatic rings. The van der Waals surface area contributed by atoms with Crippen molar-refractivity contribution in [2.24, 2.45) is 0 Å². The second kappa shape index (κ2) is 6.14. The molecule has 1 N–H and O–H groups in total. The molecular weight excluding hydrogens is 274 g/mol. The second-order valence-corrected chi connectivity index (χ2v) is 7.96. The number of hydrogen-bond acceptors (Lipinski definition) is 4. The fraction of sp³-hybridized carbons (Fsp3) is 0.600. The molecule has 4 nitrogen and oxygen atoms in total. The van der Waals surface area contributed by atoms with Gasteiger partial charge >= 0.3 is 0 Å². The summed E-state index contributed by atoms with van der Waals surface area (Å²) >= 11 is 0. The van der Waals surface area contributed by atoms with Crippen LogP contribution in [0.5, 0.6) is 0 Å². The molecule has 0 aliphatic carbocycles. The maximum absolute atomic E-state index is 11.1. The lowest BCUT2D eigenvalue weighted by Gasteiger charge is -2.28. The molecule has 0 saturated heterocycles. The standard InChI is InChI=1S/C15H23NO3S/c1-16-9-3-5-12-11-13(7-8-14(12)16)15(17)6-4-10-20(2,18)19/h7-8,11,15,17H,3-6,9-10H2,1-2H3. The van der Waals surface area contributed by atoms with Crippen molar-refractivity contribution in [3.63, 3.8) is 0 Å². The van der Waals surface area contributed by atoms with E-state index < -0.39 is 15.9 Å². The predicted octanol–water partition coefficient (Wildman–Crippen LogP) is 1.93. The number of fused-ring (bicyclic) bond motifs is 1. The van der Waals surface area contributed by atoms with E-state index in [0.717, 1.165) is 24.9 Å².